The van der Waals surface area contributed by atoms with Gasteiger partial charge in [-0.1, -0.05) is 166 Å². The Balaban J connectivity index is 2.45. The van der Waals surface area contributed by atoms with Crippen LogP contribution in [0.2, 0.25) is 0 Å². The molecule has 0 aromatic heterocycles. The van der Waals surface area contributed by atoms with Crippen molar-refractivity contribution in [2.75, 3.05) is 13.2 Å². The van der Waals surface area contributed by atoms with Crippen LogP contribution in [0, 0.1) is 0 Å². The van der Waals surface area contributed by atoms with Gasteiger partial charge in [0, 0.05) is 0 Å². The zero-order valence-corrected chi connectivity index (χ0v) is 34.8. The van der Waals surface area contributed by atoms with E-state index in [1.165, 1.54) is 89.9 Å². The molecule has 0 aromatic rings. The largest absolute Gasteiger partial charge is 0.394 e. The first-order valence-electron chi connectivity index (χ1n) is 22.3. The van der Waals surface area contributed by atoms with Crippen molar-refractivity contribution in [3.05, 3.63) is 36.5 Å². The Labute approximate surface area is 334 Å². The summed E-state index contributed by atoms with van der Waals surface area (Å²) in [6, 6.07) is -0.983. The number of hydrogen-bond donors (Lipinski definition) is 7. The highest BCUT2D eigenvalue weighted by molar-refractivity contribution is 5.80. The van der Waals surface area contributed by atoms with Crippen LogP contribution in [0.15, 0.2) is 36.5 Å². The molecular formula is C45H83NO9. The molecule has 8 unspecified atom stereocenters. The molecule has 8 atom stereocenters. The second-order valence-electron chi connectivity index (χ2n) is 15.6. The molecule has 0 aliphatic carbocycles. The molecule has 322 valence electrons. The third-order valence-corrected chi connectivity index (χ3v) is 10.6. The fourth-order valence-electron chi connectivity index (χ4n) is 6.84. The van der Waals surface area contributed by atoms with E-state index in [4.69, 9.17) is 9.47 Å². The normalized spacial score (nSPS) is 22.2. The second-order valence-corrected chi connectivity index (χ2v) is 15.6. The van der Waals surface area contributed by atoms with Crippen LogP contribution in [0.5, 0.6) is 0 Å². The Bertz CT molecular complexity index is 974. The number of carbonyl (C=O) groups is 1. The van der Waals surface area contributed by atoms with E-state index in [1.54, 1.807) is 6.08 Å². The topological polar surface area (TPSA) is 169 Å². The zero-order chi connectivity index (χ0) is 40.4. The molecule has 1 heterocycles. The van der Waals surface area contributed by atoms with Crippen LogP contribution in [0.25, 0.3) is 0 Å². The predicted molar refractivity (Wildman–Crippen MR) is 222 cm³/mol. The van der Waals surface area contributed by atoms with Crippen molar-refractivity contribution in [2.45, 2.75) is 230 Å². The van der Waals surface area contributed by atoms with Crippen LogP contribution in [0.3, 0.4) is 0 Å². The Morgan fingerprint density at radius 1 is 0.636 bits per heavy atom. The first kappa shape index (κ1) is 51.4. The number of rotatable bonds is 36. The lowest BCUT2D eigenvalue weighted by atomic mass is 9.99. The van der Waals surface area contributed by atoms with E-state index in [0.29, 0.717) is 12.8 Å². The summed E-state index contributed by atoms with van der Waals surface area (Å²) < 4.78 is 11.1. The van der Waals surface area contributed by atoms with Gasteiger partial charge in [-0.05, 0) is 51.4 Å². The van der Waals surface area contributed by atoms with Gasteiger partial charge in [0.1, 0.15) is 30.5 Å². The monoisotopic (exact) mass is 782 g/mol. The minimum Gasteiger partial charge on any atom is -0.394 e. The van der Waals surface area contributed by atoms with Gasteiger partial charge >= 0.3 is 0 Å². The Morgan fingerprint density at radius 3 is 1.65 bits per heavy atom. The number of unbranched alkanes of at least 4 members (excludes halogenated alkanes) is 21. The number of amides is 1. The maximum absolute atomic E-state index is 13.0. The van der Waals surface area contributed by atoms with Crippen LogP contribution in [0.1, 0.15) is 181 Å². The van der Waals surface area contributed by atoms with Gasteiger partial charge in [-0.15, -0.1) is 0 Å². The summed E-state index contributed by atoms with van der Waals surface area (Å²) in [7, 11) is 0. The molecule has 55 heavy (non-hydrogen) atoms. The van der Waals surface area contributed by atoms with Crippen molar-refractivity contribution in [1.29, 1.82) is 0 Å². The van der Waals surface area contributed by atoms with Gasteiger partial charge in [0.15, 0.2) is 6.29 Å². The van der Waals surface area contributed by atoms with Crippen LogP contribution >= 0.6 is 0 Å². The van der Waals surface area contributed by atoms with E-state index < -0.39 is 61.5 Å². The quantitative estimate of drug-likeness (QED) is 0.0247. The van der Waals surface area contributed by atoms with Gasteiger partial charge < -0.3 is 45.4 Å². The highest BCUT2D eigenvalue weighted by atomic mass is 16.7. The van der Waals surface area contributed by atoms with E-state index >= 15 is 0 Å². The summed E-state index contributed by atoms with van der Waals surface area (Å²) in [5.41, 5.74) is 0. The lowest BCUT2D eigenvalue weighted by Crippen LogP contribution is -2.60. The molecule has 7 N–H and O–H groups in total. The molecule has 1 amide bonds. The Hall–Kier alpha value is -1.63. The molecule has 0 spiro atoms. The molecule has 10 nitrogen and oxygen atoms in total. The summed E-state index contributed by atoms with van der Waals surface area (Å²) in [4.78, 5) is 13.0. The Kier molecular flexibility index (Phi) is 33.2. The van der Waals surface area contributed by atoms with Crippen LogP contribution in [-0.2, 0) is 14.3 Å². The molecule has 1 saturated heterocycles. The van der Waals surface area contributed by atoms with Crippen molar-refractivity contribution >= 4 is 5.91 Å². The number of ether oxygens (including phenoxy) is 2. The number of hydrogen-bond acceptors (Lipinski definition) is 9. The van der Waals surface area contributed by atoms with Crippen molar-refractivity contribution < 1.29 is 44.9 Å². The highest BCUT2D eigenvalue weighted by Gasteiger charge is 2.44. The molecule has 1 aliphatic rings. The van der Waals surface area contributed by atoms with Crippen molar-refractivity contribution in [3.8, 4) is 0 Å². The molecule has 0 radical (unpaired) electrons. The summed E-state index contributed by atoms with van der Waals surface area (Å²) in [6.07, 6.45) is 32.2. The zero-order valence-electron chi connectivity index (χ0n) is 34.8. The van der Waals surface area contributed by atoms with Gasteiger partial charge in [-0.3, -0.25) is 4.79 Å². The second kappa shape index (κ2) is 35.5. The van der Waals surface area contributed by atoms with Gasteiger partial charge in [0.2, 0.25) is 5.91 Å². The van der Waals surface area contributed by atoms with E-state index in [9.17, 15) is 35.4 Å². The first-order chi connectivity index (χ1) is 26.8. The molecule has 0 saturated carbocycles. The number of aliphatic hydroxyl groups is 6. The van der Waals surface area contributed by atoms with Gasteiger partial charge in [-0.2, -0.15) is 0 Å². The molecule has 1 fully saturated rings. The molecule has 1 rings (SSSR count). The maximum Gasteiger partial charge on any atom is 0.249 e. The average molecular weight is 782 g/mol. The minimum absolute atomic E-state index is 0.297. The molecule has 1 aliphatic heterocycles. The van der Waals surface area contributed by atoms with Crippen molar-refractivity contribution in [1.82, 2.24) is 5.32 Å². The van der Waals surface area contributed by atoms with Crippen LogP contribution < -0.4 is 5.32 Å². The molecule has 0 bridgehead atoms. The number of allylic oxidation sites excluding steroid dienone is 5. The first-order valence-corrected chi connectivity index (χ1v) is 22.3. The van der Waals surface area contributed by atoms with Crippen molar-refractivity contribution in [3.63, 3.8) is 0 Å². The fraction of sp³-hybridized carbons (Fsp3) is 0.844. The van der Waals surface area contributed by atoms with Crippen LogP contribution in [-0.4, -0.2) is 98.7 Å². The van der Waals surface area contributed by atoms with E-state index in [-0.39, 0.29) is 6.61 Å². The van der Waals surface area contributed by atoms with E-state index in [1.807, 2.05) is 6.08 Å². The third kappa shape index (κ3) is 26.1. The standard InChI is InChI=1S/C45H83NO9/c1-3-5-7-9-11-13-15-17-19-20-22-24-26-28-30-32-34-39(49)44(53)46-37(36-54-45-43(52)42(51)41(50)40(35-47)55-45)38(48)33-31-29-27-25-23-21-18-16-14-12-10-8-6-4-2/h11,13,17,19,31,33,37-43,45,47-52H,3-10,12,14-16,18,20-30,32,34-36H2,1-2H3,(H,46,53)/b13-11-,19-17-,33-31+. The third-order valence-electron chi connectivity index (χ3n) is 10.6. The van der Waals surface area contributed by atoms with Crippen LogP contribution in [0.4, 0.5) is 0 Å². The SMILES string of the molecule is CCCCC/C=C\C/C=C\CCCCCCCCC(O)C(=O)NC(COC1OC(CO)C(O)C(O)C1O)C(O)/C=C/CCCCCCCCCCCCCC. The summed E-state index contributed by atoms with van der Waals surface area (Å²) in [5.74, 6) is -0.626. The van der Waals surface area contributed by atoms with Crippen molar-refractivity contribution in [2.24, 2.45) is 0 Å². The number of carbonyl (C=O) groups excluding carboxylic acids is 1. The Morgan fingerprint density at radius 2 is 1.11 bits per heavy atom. The lowest BCUT2D eigenvalue weighted by Gasteiger charge is -2.40. The summed E-state index contributed by atoms with van der Waals surface area (Å²) in [5, 5.41) is 64.6. The average Bonchev–Trinajstić information content (AvgIpc) is 3.18. The number of aliphatic hydroxyl groups excluding tert-OH is 6. The molecular weight excluding hydrogens is 698 g/mol. The summed E-state index contributed by atoms with van der Waals surface area (Å²) in [6.45, 7) is 3.56. The minimum atomic E-state index is -1.61. The smallest absolute Gasteiger partial charge is 0.249 e. The fourth-order valence-corrected chi connectivity index (χ4v) is 6.84. The maximum atomic E-state index is 13.0. The molecule has 10 heteroatoms. The number of nitrogens with one attached hydrogen (secondary N) is 1. The van der Waals surface area contributed by atoms with Gasteiger partial charge in [0.05, 0.1) is 25.4 Å². The van der Waals surface area contributed by atoms with E-state index in [0.717, 1.165) is 64.2 Å². The lowest BCUT2D eigenvalue weighted by molar-refractivity contribution is -0.302. The summed E-state index contributed by atoms with van der Waals surface area (Å²) >= 11 is 0. The highest BCUT2D eigenvalue weighted by Crippen LogP contribution is 2.22. The molecule has 0 aromatic carbocycles. The predicted octanol–water partition coefficient (Wildman–Crippen LogP) is 7.86. The van der Waals surface area contributed by atoms with E-state index in [2.05, 4.69) is 43.5 Å². The van der Waals surface area contributed by atoms with Gasteiger partial charge in [0.25, 0.3) is 0 Å². The van der Waals surface area contributed by atoms with Gasteiger partial charge in [-0.25, -0.2) is 0 Å².